The fourth-order valence-electron chi connectivity index (χ4n) is 4.27. The average Bonchev–Trinajstić information content (AvgIpc) is 3.32. The second-order valence-corrected chi connectivity index (χ2v) is 10.6. The van der Waals surface area contributed by atoms with Crippen molar-refractivity contribution in [1.29, 1.82) is 0 Å². The van der Waals surface area contributed by atoms with Crippen LogP contribution in [0.15, 0.2) is 64.9 Å². The van der Waals surface area contributed by atoms with Gasteiger partial charge < -0.3 is 15.4 Å². The predicted molar refractivity (Wildman–Crippen MR) is 147 cm³/mol. The van der Waals surface area contributed by atoms with Crippen LogP contribution >= 0.6 is 23.1 Å². The first-order valence-corrected chi connectivity index (χ1v) is 14.1. The van der Waals surface area contributed by atoms with Crippen molar-refractivity contribution in [2.75, 3.05) is 23.0 Å². The number of anilines is 2. The lowest BCUT2D eigenvalue weighted by molar-refractivity contribution is -0.120. The highest BCUT2D eigenvalue weighted by molar-refractivity contribution is 8.00. The van der Waals surface area contributed by atoms with Gasteiger partial charge in [0.05, 0.1) is 12.4 Å². The third-order valence-electron chi connectivity index (χ3n) is 6.06. The Morgan fingerprint density at radius 2 is 1.78 bits per heavy atom. The fraction of sp³-hybridized carbons (Fsp3) is 0.321. The van der Waals surface area contributed by atoms with Crippen LogP contribution in [0.4, 0.5) is 10.7 Å². The molecule has 1 aliphatic carbocycles. The zero-order valence-corrected chi connectivity index (χ0v) is 21.9. The van der Waals surface area contributed by atoms with Gasteiger partial charge in [0.2, 0.25) is 11.8 Å². The molecule has 0 radical (unpaired) electrons. The molecule has 0 spiro atoms. The van der Waals surface area contributed by atoms with Gasteiger partial charge in [0, 0.05) is 27.4 Å². The van der Waals surface area contributed by atoms with Gasteiger partial charge in [0.15, 0.2) is 0 Å². The molecule has 1 saturated carbocycles. The summed E-state index contributed by atoms with van der Waals surface area (Å²) in [6.45, 7) is 2.01. The number of esters is 1. The molecule has 2 aromatic carbocycles. The van der Waals surface area contributed by atoms with Crippen molar-refractivity contribution >= 4 is 51.6 Å². The van der Waals surface area contributed by atoms with Crippen molar-refractivity contribution in [1.82, 2.24) is 0 Å². The van der Waals surface area contributed by atoms with E-state index in [0.29, 0.717) is 10.6 Å². The van der Waals surface area contributed by atoms with E-state index in [9.17, 15) is 14.4 Å². The summed E-state index contributed by atoms with van der Waals surface area (Å²) in [5.41, 5.74) is 2.74. The molecule has 1 aliphatic rings. The lowest BCUT2D eigenvalue weighted by Gasteiger charge is -2.20. The van der Waals surface area contributed by atoms with Crippen LogP contribution in [-0.4, -0.2) is 30.1 Å². The third kappa shape index (κ3) is 6.77. The molecule has 188 valence electrons. The van der Waals surface area contributed by atoms with Crippen molar-refractivity contribution in [3.63, 3.8) is 0 Å². The highest BCUT2D eigenvalue weighted by Crippen LogP contribution is 2.36. The van der Waals surface area contributed by atoms with Crippen molar-refractivity contribution < 1.29 is 19.1 Å². The normalized spacial score (nSPS) is 13.7. The summed E-state index contributed by atoms with van der Waals surface area (Å²) in [5, 5.41) is 8.26. The van der Waals surface area contributed by atoms with E-state index in [1.165, 1.54) is 29.5 Å². The molecule has 3 aromatic rings. The maximum absolute atomic E-state index is 12.8. The van der Waals surface area contributed by atoms with Crippen molar-refractivity contribution in [3.05, 3.63) is 65.5 Å². The van der Waals surface area contributed by atoms with Crippen molar-refractivity contribution in [2.45, 2.75) is 43.9 Å². The number of benzene rings is 2. The number of carbonyl (C=O) groups is 3. The Balaban J connectivity index is 1.39. The summed E-state index contributed by atoms with van der Waals surface area (Å²) in [5.74, 6) is -0.347. The fourth-order valence-corrected chi connectivity index (χ4v) is 6.00. The van der Waals surface area contributed by atoms with Crippen LogP contribution in [-0.2, 0) is 14.3 Å². The highest BCUT2D eigenvalue weighted by atomic mass is 32.2. The van der Waals surface area contributed by atoms with Crippen LogP contribution in [0.3, 0.4) is 0 Å². The number of hydrogen-bond acceptors (Lipinski definition) is 6. The van der Waals surface area contributed by atoms with E-state index >= 15 is 0 Å². The van der Waals surface area contributed by atoms with Crippen LogP contribution in [0, 0.1) is 5.92 Å². The summed E-state index contributed by atoms with van der Waals surface area (Å²) >= 11 is 2.69. The molecule has 0 bridgehead atoms. The number of thiophene rings is 1. The molecule has 1 fully saturated rings. The standard InChI is InChI=1S/C28H30N2O4S2/c1-2-34-28(33)25-23(19-10-5-3-6-11-19)17-36-27(25)30-24(31)18-35-22-15-9-14-21(16-22)29-26(32)20-12-7-4-8-13-20/h3,5-6,9-11,14-17,20H,2,4,7-8,12-13,18H2,1H3,(H,29,32)(H,30,31). The van der Waals surface area contributed by atoms with Crippen LogP contribution in [0.2, 0.25) is 0 Å². The van der Waals surface area contributed by atoms with E-state index in [1.54, 1.807) is 6.92 Å². The Morgan fingerprint density at radius 3 is 2.53 bits per heavy atom. The van der Waals surface area contributed by atoms with Crippen LogP contribution in [0.5, 0.6) is 0 Å². The third-order valence-corrected chi connectivity index (χ3v) is 7.95. The van der Waals surface area contributed by atoms with E-state index in [2.05, 4.69) is 10.6 Å². The molecular weight excluding hydrogens is 492 g/mol. The van der Waals surface area contributed by atoms with E-state index in [-0.39, 0.29) is 30.1 Å². The quantitative estimate of drug-likeness (QED) is 0.237. The molecule has 36 heavy (non-hydrogen) atoms. The molecule has 0 saturated heterocycles. The molecule has 0 aliphatic heterocycles. The number of ether oxygens (including phenoxy) is 1. The van der Waals surface area contributed by atoms with Gasteiger partial charge in [-0.25, -0.2) is 4.79 Å². The molecule has 4 rings (SSSR count). The van der Waals surface area contributed by atoms with Gasteiger partial charge in [-0.1, -0.05) is 55.7 Å². The lowest BCUT2D eigenvalue weighted by atomic mass is 9.88. The number of hydrogen-bond donors (Lipinski definition) is 2. The highest BCUT2D eigenvalue weighted by Gasteiger charge is 2.23. The SMILES string of the molecule is CCOC(=O)c1c(-c2ccccc2)csc1NC(=O)CSc1cccc(NC(=O)C2CCCCC2)c1. The Kier molecular flexibility index (Phi) is 9.19. The number of rotatable bonds is 9. The van der Waals surface area contributed by atoms with Gasteiger partial charge in [-0.3, -0.25) is 9.59 Å². The Morgan fingerprint density at radius 1 is 1.00 bits per heavy atom. The van der Waals surface area contributed by atoms with Crippen LogP contribution < -0.4 is 10.6 Å². The summed E-state index contributed by atoms with van der Waals surface area (Å²) in [6.07, 6.45) is 5.32. The monoisotopic (exact) mass is 522 g/mol. The van der Waals surface area contributed by atoms with Crippen LogP contribution in [0.1, 0.15) is 49.4 Å². The Hall–Kier alpha value is -3.10. The second-order valence-electron chi connectivity index (χ2n) is 8.63. The second kappa shape index (κ2) is 12.7. The molecule has 2 amide bonds. The largest absolute Gasteiger partial charge is 0.462 e. The number of thioether (sulfide) groups is 1. The zero-order valence-electron chi connectivity index (χ0n) is 20.3. The van der Waals surface area contributed by atoms with Crippen molar-refractivity contribution in [3.8, 4) is 11.1 Å². The topological polar surface area (TPSA) is 84.5 Å². The van der Waals surface area contributed by atoms with Crippen molar-refractivity contribution in [2.24, 2.45) is 5.92 Å². The first-order valence-electron chi connectivity index (χ1n) is 12.2. The number of nitrogens with one attached hydrogen (secondary N) is 2. The molecule has 8 heteroatoms. The van der Waals surface area contributed by atoms with Gasteiger partial charge in [0.1, 0.15) is 10.6 Å². The van der Waals surface area contributed by atoms with Crippen LogP contribution in [0.25, 0.3) is 11.1 Å². The molecule has 2 N–H and O–H groups in total. The maximum atomic E-state index is 12.8. The van der Waals surface area contributed by atoms with E-state index < -0.39 is 5.97 Å². The van der Waals surface area contributed by atoms with E-state index in [1.807, 2.05) is 60.0 Å². The maximum Gasteiger partial charge on any atom is 0.341 e. The van der Waals surface area contributed by atoms with Gasteiger partial charge >= 0.3 is 5.97 Å². The number of amides is 2. The lowest BCUT2D eigenvalue weighted by Crippen LogP contribution is -2.24. The summed E-state index contributed by atoms with van der Waals surface area (Å²) in [6, 6.07) is 17.1. The minimum absolute atomic E-state index is 0.0769. The summed E-state index contributed by atoms with van der Waals surface area (Å²) in [4.78, 5) is 39.0. The molecule has 6 nitrogen and oxygen atoms in total. The smallest absolute Gasteiger partial charge is 0.341 e. The number of carbonyl (C=O) groups excluding carboxylic acids is 3. The van der Waals surface area contributed by atoms with Gasteiger partial charge in [0.25, 0.3) is 0 Å². The zero-order chi connectivity index (χ0) is 25.3. The minimum atomic E-state index is -0.457. The Bertz CT molecular complexity index is 1200. The van der Waals surface area contributed by atoms with Gasteiger partial charge in [-0.15, -0.1) is 23.1 Å². The van der Waals surface area contributed by atoms with Gasteiger partial charge in [-0.05, 0) is 43.5 Å². The average molecular weight is 523 g/mol. The van der Waals surface area contributed by atoms with E-state index in [4.69, 9.17) is 4.74 Å². The molecule has 0 atom stereocenters. The first kappa shape index (κ1) is 26.0. The summed E-state index contributed by atoms with van der Waals surface area (Å²) < 4.78 is 5.27. The minimum Gasteiger partial charge on any atom is -0.462 e. The first-order chi connectivity index (χ1) is 17.5. The molecule has 0 unspecified atom stereocenters. The predicted octanol–water partition coefficient (Wildman–Crippen LogP) is 6.84. The molecule has 1 heterocycles. The van der Waals surface area contributed by atoms with E-state index in [0.717, 1.165) is 47.4 Å². The Labute approximate surface area is 219 Å². The molecular formula is C28H30N2O4S2. The van der Waals surface area contributed by atoms with Gasteiger partial charge in [-0.2, -0.15) is 0 Å². The molecule has 1 aromatic heterocycles. The summed E-state index contributed by atoms with van der Waals surface area (Å²) in [7, 11) is 0.